The van der Waals surface area contributed by atoms with Crippen LogP contribution in [0.2, 0.25) is 0 Å². The minimum Gasteiger partial charge on any atom is -0.340 e. The Kier molecular flexibility index (Phi) is 5.01. The molecule has 0 N–H and O–H groups in total. The zero-order valence-electron chi connectivity index (χ0n) is 15.3. The van der Waals surface area contributed by atoms with E-state index < -0.39 is 9.84 Å². The number of fused-ring (bicyclic) bond motifs is 1. The lowest BCUT2D eigenvalue weighted by Gasteiger charge is -2.20. The van der Waals surface area contributed by atoms with Crippen molar-refractivity contribution in [2.75, 3.05) is 12.0 Å². The van der Waals surface area contributed by atoms with Crippen LogP contribution in [0.25, 0.3) is 10.9 Å². The highest BCUT2D eigenvalue weighted by molar-refractivity contribution is 7.90. The monoisotopic (exact) mass is 369 g/mol. The van der Waals surface area contributed by atoms with E-state index in [0.717, 1.165) is 16.6 Å². The molecule has 0 saturated heterocycles. The summed E-state index contributed by atoms with van der Waals surface area (Å²) in [7, 11) is -3.14. The minimum absolute atomic E-state index is 0.0349. The first-order chi connectivity index (χ1) is 12.3. The van der Waals surface area contributed by atoms with Crippen LogP contribution in [-0.2, 0) is 9.84 Å². The Hall–Kier alpha value is -2.40. The minimum atomic E-state index is -3.14. The number of carbonyl (C=O) groups is 1. The first kappa shape index (κ1) is 18.4. The number of hydrogen-bond donors (Lipinski definition) is 0. The number of ketones is 1. The predicted octanol–water partition coefficient (Wildman–Crippen LogP) is 4.18. The third kappa shape index (κ3) is 3.44. The third-order valence-corrected chi connectivity index (χ3v) is 5.74. The molecule has 0 aliphatic rings. The van der Waals surface area contributed by atoms with E-state index in [1.165, 1.54) is 6.26 Å². The van der Waals surface area contributed by atoms with Crippen molar-refractivity contribution in [3.8, 4) is 0 Å². The van der Waals surface area contributed by atoms with Gasteiger partial charge in [0.2, 0.25) is 0 Å². The van der Waals surface area contributed by atoms with Crippen LogP contribution in [-0.4, -0.2) is 30.8 Å². The van der Waals surface area contributed by atoms with Gasteiger partial charge in [-0.3, -0.25) is 4.79 Å². The Bertz CT molecular complexity index is 1050. The molecular weight excluding hydrogens is 346 g/mol. The van der Waals surface area contributed by atoms with Gasteiger partial charge in [-0.2, -0.15) is 0 Å². The highest BCUT2D eigenvalue weighted by Gasteiger charge is 2.25. The summed E-state index contributed by atoms with van der Waals surface area (Å²) in [6, 6.07) is 16.7. The Balaban J connectivity index is 2.23. The Labute approximate surface area is 154 Å². The molecule has 1 aromatic heterocycles. The van der Waals surface area contributed by atoms with Gasteiger partial charge in [-0.05, 0) is 19.4 Å². The fraction of sp³-hybridized carbons (Fsp3) is 0.286. The first-order valence-electron chi connectivity index (χ1n) is 8.70. The normalized spacial score (nSPS) is 13.0. The second-order valence-electron chi connectivity index (χ2n) is 6.70. The van der Waals surface area contributed by atoms with Crippen LogP contribution < -0.4 is 0 Å². The lowest BCUT2D eigenvalue weighted by molar-refractivity contribution is 0.103. The van der Waals surface area contributed by atoms with Crippen LogP contribution in [0.3, 0.4) is 0 Å². The second-order valence-corrected chi connectivity index (χ2v) is 8.88. The Morgan fingerprint density at radius 2 is 1.65 bits per heavy atom. The summed E-state index contributed by atoms with van der Waals surface area (Å²) in [5.74, 6) is 0.0226. The van der Waals surface area contributed by atoms with E-state index in [4.69, 9.17) is 0 Å². The van der Waals surface area contributed by atoms with Crippen molar-refractivity contribution < 1.29 is 13.2 Å². The molecule has 3 rings (SSSR count). The standard InChI is InChI=1S/C21H23NO3S/c1-4-17(14-26(3,24)25)22-15(2)20(18-12-8-9-13-19(18)22)21(23)16-10-6-5-7-11-16/h5-13,17H,4,14H2,1-3H3. The average Bonchev–Trinajstić information content (AvgIpc) is 2.91. The molecule has 3 aromatic rings. The maximum Gasteiger partial charge on any atom is 0.195 e. The molecule has 0 spiro atoms. The molecule has 1 heterocycles. The zero-order chi connectivity index (χ0) is 18.9. The number of hydrogen-bond acceptors (Lipinski definition) is 3. The van der Waals surface area contributed by atoms with Crippen LogP contribution in [0.1, 0.15) is 41.0 Å². The second kappa shape index (κ2) is 7.08. The topological polar surface area (TPSA) is 56.1 Å². The van der Waals surface area contributed by atoms with Crippen molar-refractivity contribution in [2.24, 2.45) is 0 Å². The summed E-state index contributed by atoms with van der Waals surface area (Å²) in [5, 5.41) is 0.866. The van der Waals surface area contributed by atoms with Crippen LogP contribution in [0.15, 0.2) is 54.6 Å². The maximum absolute atomic E-state index is 13.2. The van der Waals surface area contributed by atoms with Gasteiger partial charge in [-0.1, -0.05) is 55.5 Å². The van der Waals surface area contributed by atoms with Crippen LogP contribution in [0.5, 0.6) is 0 Å². The number of rotatable bonds is 6. The molecular formula is C21H23NO3S. The molecule has 0 amide bonds. The number of nitrogens with zero attached hydrogens (tertiary/aromatic N) is 1. The van der Waals surface area contributed by atoms with Crippen LogP contribution >= 0.6 is 0 Å². The van der Waals surface area contributed by atoms with Gasteiger partial charge in [0, 0.05) is 34.5 Å². The van der Waals surface area contributed by atoms with E-state index in [9.17, 15) is 13.2 Å². The molecule has 0 bridgehead atoms. The molecule has 26 heavy (non-hydrogen) atoms. The van der Waals surface area contributed by atoms with E-state index in [1.807, 2.05) is 73.0 Å². The average molecular weight is 369 g/mol. The number of aromatic nitrogens is 1. The van der Waals surface area contributed by atoms with Crippen molar-refractivity contribution in [2.45, 2.75) is 26.3 Å². The van der Waals surface area contributed by atoms with Crippen molar-refractivity contribution >= 4 is 26.5 Å². The molecule has 1 unspecified atom stereocenters. The number of sulfone groups is 1. The lowest BCUT2D eigenvalue weighted by Crippen LogP contribution is -2.20. The Morgan fingerprint density at radius 1 is 1.04 bits per heavy atom. The molecule has 5 heteroatoms. The summed E-state index contributed by atoms with van der Waals surface area (Å²) in [6.07, 6.45) is 1.93. The molecule has 0 radical (unpaired) electrons. The molecule has 4 nitrogen and oxygen atoms in total. The molecule has 2 aromatic carbocycles. The zero-order valence-corrected chi connectivity index (χ0v) is 16.1. The van der Waals surface area contributed by atoms with Gasteiger partial charge in [0.25, 0.3) is 0 Å². The summed E-state index contributed by atoms with van der Waals surface area (Å²) in [6.45, 7) is 3.88. The van der Waals surface area contributed by atoms with E-state index in [-0.39, 0.29) is 17.6 Å². The largest absolute Gasteiger partial charge is 0.340 e. The predicted molar refractivity (Wildman–Crippen MR) is 106 cm³/mol. The summed E-state index contributed by atoms with van der Waals surface area (Å²) in [5.41, 5.74) is 3.00. The fourth-order valence-electron chi connectivity index (χ4n) is 3.61. The van der Waals surface area contributed by atoms with Gasteiger partial charge in [0.05, 0.1) is 11.3 Å². The summed E-state index contributed by atoms with van der Waals surface area (Å²) >= 11 is 0. The van der Waals surface area contributed by atoms with Gasteiger partial charge in [-0.25, -0.2) is 8.42 Å². The van der Waals surface area contributed by atoms with E-state index in [1.54, 1.807) is 0 Å². The van der Waals surface area contributed by atoms with Crippen molar-refractivity contribution in [1.82, 2.24) is 4.57 Å². The highest BCUT2D eigenvalue weighted by atomic mass is 32.2. The maximum atomic E-state index is 13.2. The molecule has 0 aliphatic heterocycles. The van der Waals surface area contributed by atoms with Crippen molar-refractivity contribution in [1.29, 1.82) is 0 Å². The van der Waals surface area contributed by atoms with Crippen LogP contribution in [0.4, 0.5) is 0 Å². The summed E-state index contributed by atoms with van der Waals surface area (Å²) < 4.78 is 25.8. The third-order valence-electron chi connectivity index (χ3n) is 4.75. The van der Waals surface area contributed by atoms with Gasteiger partial charge >= 0.3 is 0 Å². The summed E-state index contributed by atoms with van der Waals surface area (Å²) in [4.78, 5) is 13.2. The van der Waals surface area contributed by atoms with Gasteiger partial charge < -0.3 is 4.57 Å². The lowest BCUT2D eigenvalue weighted by atomic mass is 10.0. The van der Waals surface area contributed by atoms with Crippen LogP contribution in [0, 0.1) is 6.92 Å². The van der Waals surface area contributed by atoms with E-state index >= 15 is 0 Å². The van der Waals surface area contributed by atoms with E-state index in [0.29, 0.717) is 17.5 Å². The number of para-hydroxylation sites is 1. The van der Waals surface area contributed by atoms with Gasteiger partial charge in [0.1, 0.15) is 9.84 Å². The smallest absolute Gasteiger partial charge is 0.195 e. The van der Waals surface area contributed by atoms with Gasteiger partial charge in [0.15, 0.2) is 5.78 Å². The SMILES string of the molecule is CCC(CS(C)(=O)=O)n1c(C)c(C(=O)c2ccccc2)c2ccccc21. The first-order valence-corrected chi connectivity index (χ1v) is 10.8. The number of carbonyl (C=O) groups excluding carboxylic acids is 1. The molecule has 0 saturated carbocycles. The molecule has 0 aliphatic carbocycles. The quantitative estimate of drug-likeness (QED) is 0.613. The van der Waals surface area contributed by atoms with Gasteiger partial charge in [-0.15, -0.1) is 0 Å². The van der Waals surface area contributed by atoms with Crippen molar-refractivity contribution in [3.05, 3.63) is 71.4 Å². The molecule has 136 valence electrons. The van der Waals surface area contributed by atoms with E-state index in [2.05, 4.69) is 0 Å². The van der Waals surface area contributed by atoms with Crippen molar-refractivity contribution in [3.63, 3.8) is 0 Å². The fourth-order valence-corrected chi connectivity index (χ4v) is 4.69. The molecule has 1 atom stereocenters. The highest BCUT2D eigenvalue weighted by Crippen LogP contribution is 2.32. The Morgan fingerprint density at radius 3 is 2.27 bits per heavy atom. The molecule has 0 fully saturated rings. The number of benzene rings is 2.